The van der Waals surface area contributed by atoms with E-state index in [1.165, 1.54) is 15.4 Å². The SMILES string of the molecule is Cc1ccc(S(=O)(=O)N(Cc2ccc(Cl)cc2)c2ccccc2C(=O)N/N=C\c2cc(C)n(-c3cc(C)cc(C)c3)c2C)cc1. The number of halogens is 1. The topological polar surface area (TPSA) is 83.8 Å². The van der Waals surface area contributed by atoms with Crippen molar-refractivity contribution in [1.82, 2.24) is 9.99 Å². The second kappa shape index (κ2) is 13.1. The molecule has 0 saturated heterocycles. The third-order valence-corrected chi connectivity index (χ3v) is 9.60. The normalized spacial score (nSPS) is 11.6. The molecule has 1 heterocycles. The van der Waals surface area contributed by atoms with Crippen LogP contribution in [0.4, 0.5) is 5.69 Å². The molecule has 0 aliphatic carbocycles. The molecule has 1 amide bonds. The van der Waals surface area contributed by atoms with Crippen LogP contribution in [0.1, 0.15) is 49.6 Å². The summed E-state index contributed by atoms with van der Waals surface area (Å²) in [5.74, 6) is -0.537. The Morgan fingerprint density at radius 1 is 0.844 bits per heavy atom. The van der Waals surface area contributed by atoms with Crippen LogP contribution in [0.25, 0.3) is 5.69 Å². The number of hydrogen-bond donors (Lipinski definition) is 1. The molecule has 0 aliphatic heterocycles. The summed E-state index contributed by atoms with van der Waals surface area (Å²) in [6, 6.07) is 28.6. The Bertz CT molecular complexity index is 1980. The highest BCUT2D eigenvalue weighted by Gasteiger charge is 2.28. The highest BCUT2D eigenvalue weighted by Crippen LogP contribution is 2.30. The van der Waals surface area contributed by atoms with E-state index in [0.717, 1.165) is 28.2 Å². The highest BCUT2D eigenvalue weighted by molar-refractivity contribution is 7.92. The van der Waals surface area contributed by atoms with Gasteiger partial charge in [-0.1, -0.05) is 59.6 Å². The van der Waals surface area contributed by atoms with Gasteiger partial charge in [-0.2, -0.15) is 5.10 Å². The van der Waals surface area contributed by atoms with E-state index in [-0.39, 0.29) is 22.7 Å². The van der Waals surface area contributed by atoms with E-state index in [9.17, 15) is 13.2 Å². The van der Waals surface area contributed by atoms with Crippen molar-refractivity contribution in [2.24, 2.45) is 5.10 Å². The van der Waals surface area contributed by atoms with Gasteiger partial charge in [-0.3, -0.25) is 9.10 Å². The van der Waals surface area contributed by atoms with Crippen molar-refractivity contribution >= 4 is 39.4 Å². The van der Waals surface area contributed by atoms with Gasteiger partial charge in [0, 0.05) is 27.7 Å². The van der Waals surface area contributed by atoms with E-state index >= 15 is 0 Å². The number of benzene rings is 4. The molecular weight excluding hydrogens is 604 g/mol. The molecule has 0 saturated carbocycles. The summed E-state index contributed by atoms with van der Waals surface area (Å²) in [5.41, 5.74) is 10.9. The Balaban J connectivity index is 1.46. The number of nitrogens with zero attached hydrogens (tertiary/aromatic N) is 3. The molecule has 0 fully saturated rings. The van der Waals surface area contributed by atoms with Crippen LogP contribution in [0, 0.1) is 34.6 Å². The fourth-order valence-corrected chi connectivity index (χ4v) is 6.99. The monoisotopic (exact) mass is 638 g/mol. The molecule has 1 aromatic heterocycles. The van der Waals surface area contributed by atoms with Crippen molar-refractivity contribution < 1.29 is 13.2 Å². The Kier molecular flexibility index (Phi) is 9.27. The zero-order valence-corrected chi connectivity index (χ0v) is 27.4. The summed E-state index contributed by atoms with van der Waals surface area (Å²) in [7, 11) is -4.06. The molecule has 5 rings (SSSR count). The molecule has 45 heavy (non-hydrogen) atoms. The van der Waals surface area contributed by atoms with E-state index in [1.807, 2.05) is 26.8 Å². The number of rotatable bonds is 9. The lowest BCUT2D eigenvalue weighted by Gasteiger charge is -2.26. The van der Waals surface area contributed by atoms with Crippen LogP contribution in [-0.4, -0.2) is 25.1 Å². The summed E-state index contributed by atoms with van der Waals surface area (Å²) < 4.78 is 31.5. The van der Waals surface area contributed by atoms with Crippen molar-refractivity contribution in [1.29, 1.82) is 0 Å². The average Bonchev–Trinajstić information content (AvgIpc) is 3.28. The third kappa shape index (κ3) is 7.03. The maximum absolute atomic E-state index is 14.1. The van der Waals surface area contributed by atoms with Gasteiger partial charge in [0.2, 0.25) is 0 Å². The van der Waals surface area contributed by atoms with Gasteiger partial charge >= 0.3 is 0 Å². The van der Waals surface area contributed by atoms with Crippen molar-refractivity contribution in [2.45, 2.75) is 46.1 Å². The molecule has 0 atom stereocenters. The van der Waals surface area contributed by atoms with Gasteiger partial charge in [-0.25, -0.2) is 13.8 Å². The van der Waals surface area contributed by atoms with E-state index in [0.29, 0.717) is 10.6 Å². The van der Waals surface area contributed by atoms with Crippen molar-refractivity contribution in [3.63, 3.8) is 0 Å². The molecule has 4 aromatic carbocycles. The number of nitrogens with one attached hydrogen (secondary N) is 1. The average molecular weight is 639 g/mol. The Morgan fingerprint density at radius 2 is 1.49 bits per heavy atom. The first kappa shape index (κ1) is 31.8. The molecule has 9 heteroatoms. The van der Waals surface area contributed by atoms with E-state index in [2.05, 4.69) is 47.1 Å². The zero-order chi connectivity index (χ0) is 32.3. The fourth-order valence-electron chi connectivity index (χ4n) is 5.39. The van der Waals surface area contributed by atoms with Gasteiger partial charge in [0.1, 0.15) is 0 Å². The number of carbonyl (C=O) groups is 1. The highest BCUT2D eigenvalue weighted by atomic mass is 35.5. The van der Waals surface area contributed by atoms with Gasteiger partial charge in [0.15, 0.2) is 0 Å². The van der Waals surface area contributed by atoms with Crippen molar-refractivity contribution in [3.05, 3.63) is 147 Å². The van der Waals surface area contributed by atoms with E-state index in [4.69, 9.17) is 11.6 Å². The lowest BCUT2D eigenvalue weighted by Crippen LogP contribution is -2.33. The second-order valence-corrected chi connectivity index (χ2v) is 13.5. The number of anilines is 1. The maximum Gasteiger partial charge on any atom is 0.273 e. The molecule has 1 N–H and O–H groups in total. The number of para-hydroxylation sites is 1. The summed E-state index contributed by atoms with van der Waals surface area (Å²) in [6.07, 6.45) is 1.61. The molecule has 0 bridgehead atoms. The minimum atomic E-state index is -4.06. The largest absolute Gasteiger partial charge is 0.318 e. The quantitative estimate of drug-likeness (QED) is 0.132. The third-order valence-electron chi connectivity index (χ3n) is 7.57. The minimum Gasteiger partial charge on any atom is -0.318 e. The number of carbonyl (C=O) groups excluding carboxylic acids is 1. The molecule has 0 aliphatic rings. The Morgan fingerprint density at radius 3 is 2.16 bits per heavy atom. The molecule has 230 valence electrons. The second-order valence-electron chi connectivity index (χ2n) is 11.2. The summed E-state index contributed by atoms with van der Waals surface area (Å²) in [4.78, 5) is 13.7. The molecule has 7 nitrogen and oxygen atoms in total. The minimum absolute atomic E-state index is 0.00857. The number of sulfonamides is 1. The molecule has 0 unspecified atom stereocenters. The van der Waals surface area contributed by atoms with Gasteiger partial charge < -0.3 is 4.57 Å². The first-order valence-electron chi connectivity index (χ1n) is 14.5. The van der Waals surface area contributed by atoms with Crippen LogP contribution in [0.2, 0.25) is 5.02 Å². The lowest BCUT2D eigenvalue weighted by molar-refractivity contribution is 0.0955. The van der Waals surface area contributed by atoms with Gasteiger partial charge in [0.25, 0.3) is 15.9 Å². The fraction of sp³-hybridized carbons (Fsp3) is 0.167. The Labute approximate surface area is 269 Å². The predicted octanol–water partition coefficient (Wildman–Crippen LogP) is 7.83. The predicted molar refractivity (Wildman–Crippen MR) is 182 cm³/mol. The number of amides is 1. The molecule has 0 radical (unpaired) electrons. The lowest BCUT2D eigenvalue weighted by atomic mass is 10.1. The van der Waals surface area contributed by atoms with E-state index < -0.39 is 15.9 Å². The van der Waals surface area contributed by atoms with Gasteiger partial charge in [0.05, 0.1) is 28.9 Å². The number of aromatic nitrogens is 1. The first-order valence-corrected chi connectivity index (χ1v) is 16.3. The van der Waals surface area contributed by atoms with E-state index in [1.54, 1.807) is 79.0 Å². The van der Waals surface area contributed by atoms with Crippen molar-refractivity contribution in [3.8, 4) is 5.69 Å². The molecule has 5 aromatic rings. The summed E-state index contributed by atoms with van der Waals surface area (Å²) in [6.45, 7) is 10.1. The Hall–Kier alpha value is -4.66. The maximum atomic E-state index is 14.1. The van der Waals surface area contributed by atoms with Crippen LogP contribution >= 0.6 is 11.6 Å². The number of aryl methyl sites for hydroxylation is 4. The smallest absolute Gasteiger partial charge is 0.273 e. The summed E-state index contributed by atoms with van der Waals surface area (Å²) in [5, 5.41) is 4.81. The molecule has 0 spiro atoms. The van der Waals surface area contributed by atoms with Crippen molar-refractivity contribution in [2.75, 3.05) is 4.31 Å². The van der Waals surface area contributed by atoms with Crippen LogP contribution in [0.15, 0.2) is 107 Å². The number of hydrogen-bond acceptors (Lipinski definition) is 4. The van der Waals surface area contributed by atoms with Crippen LogP contribution in [0.3, 0.4) is 0 Å². The zero-order valence-electron chi connectivity index (χ0n) is 25.9. The number of hydrazone groups is 1. The van der Waals surface area contributed by atoms with Crippen LogP contribution in [0.5, 0.6) is 0 Å². The first-order chi connectivity index (χ1) is 21.4. The van der Waals surface area contributed by atoms with Gasteiger partial charge in [-0.15, -0.1) is 0 Å². The van der Waals surface area contributed by atoms with Crippen LogP contribution in [-0.2, 0) is 16.6 Å². The van der Waals surface area contributed by atoms with Gasteiger partial charge in [-0.05, 0) is 106 Å². The van der Waals surface area contributed by atoms with Crippen LogP contribution < -0.4 is 9.73 Å². The summed E-state index contributed by atoms with van der Waals surface area (Å²) >= 11 is 6.09. The standard InChI is InChI=1S/C36H35ClN4O3S/c1-24-10-16-33(17-11-24)45(43,44)40(23-29-12-14-31(37)15-13-29)35-9-7-6-8-34(35)36(42)39-38-22-30-21-27(4)41(28(30)5)32-19-25(2)18-26(3)20-32/h6-22H,23H2,1-5H3,(H,39,42)/b38-22-. The molecular formula is C36H35ClN4O3S.